The topological polar surface area (TPSA) is 112 Å². The summed E-state index contributed by atoms with van der Waals surface area (Å²) in [5.41, 5.74) is 6.66. The third-order valence-electron chi connectivity index (χ3n) is 7.03. The molecule has 44 heavy (non-hydrogen) atoms. The maximum absolute atomic E-state index is 12.9. The monoisotopic (exact) mass is 590 g/mol. The molecule has 0 atom stereocenters. The fourth-order valence-electron chi connectivity index (χ4n) is 4.66. The molecule has 0 aliphatic rings. The third kappa shape index (κ3) is 7.83. The smallest absolute Gasteiger partial charge is 0.339 e. The van der Waals surface area contributed by atoms with Crippen molar-refractivity contribution in [3.05, 3.63) is 155 Å². The molecule has 0 bridgehead atoms. The van der Waals surface area contributed by atoms with Crippen LogP contribution < -0.4 is 0 Å². The van der Waals surface area contributed by atoms with Crippen LogP contribution in [-0.4, -0.2) is 22.3 Å². The van der Waals surface area contributed by atoms with Gasteiger partial charge in [0.25, 0.3) is 0 Å². The van der Waals surface area contributed by atoms with Gasteiger partial charge in [0.2, 0.25) is 0 Å². The second-order valence-electron chi connectivity index (χ2n) is 9.97. The third-order valence-corrected chi connectivity index (χ3v) is 7.03. The average Bonchev–Trinajstić information content (AvgIpc) is 3.07. The summed E-state index contributed by atoms with van der Waals surface area (Å²) < 4.78 is 5.47. The maximum atomic E-state index is 12.9. The minimum atomic E-state index is -1.20. The minimum Gasteiger partial charge on any atom is -0.478 e. The van der Waals surface area contributed by atoms with E-state index in [2.05, 4.69) is 4.89 Å². The van der Waals surface area contributed by atoms with Gasteiger partial charge in [-0.15, -0.1) is 0 Å². The molecule has 8 nitrogen and oxygen atoms in total. The lowest BCUT2D eigenvalue weighted by Crippen LogP contribution is -2.12. The van der Waals surface area contributed by atoms with E-state index in [0.29, 0.717) is 0 Å². The number of carboxylic acids is 1. The van der Waals surface area contributed by atoms with Gasteiger partial charge in [-0.3, -0.25) is 5.26 Å². The Labute approximate surface area is 254 Å². The number of hydrogen-bond acceptors (Lipinski definition) is 7. The van der Waals surface area contributed by atoms with Crippen molar-refractivity contribution in [1.82, 2.24) is 0 Å². The Kier molecular flexibility index (Phi) is 10.2. The van der Waals surface area contributed by atoms with Crippen LogP contribution in [0.5, 0.6) is 0 Å². The highest BCUT2D eigenvalue weighted by atomic mass is 17.2. The number of benzene rings is 5. The Hall–Kier alpha value is -5.12. The van der Waals surface area contributed by atoms with Crippen molar-refractivity contribution in [2.75, 3.05) is 0 Å². The van der Waals surface area contributed by atoms with Gasteiger partial charge >= 0.3 is 11.9 Å². The second-order valence-corrected chi connectivity index (χ2v) is 9.97. The lowest BCUT2D eigenvalue weighted by atomic mass is 9.99. The number of rotatable bonds is 13. The highest BCUT2D eigenvalue weighted by Gasteiger charge is 2.19. The second kappa shape index (κ2) is 14.9. The highest BCUT2D eigenvalue weighted by molar-refractivity contribution is 6.03. The van der Waals surface area contributed by atoms with E-state index in [1.165, 1.54) is 6.07 Å². The van der Waals surface area contributed by atoms with Gasteiger partial charge in [-0.25, -0.2) is 24.3 Å². The van der Waals surface area contributed by atoms with Crippen molar-refractivity contribution >= 4 is 11.9 Å². The summed E-state index contributed by atoms with van der Waals surface area (Å²) in [4.78, 5) is 39.9. The molecule has 0 saturated carbocycles. The van der Waals surface area contributed by atoms with Gasteiger partial charge in [-0.05, 0) is 62.7 Å². The van der Waals surface area contributed by atoms with E-state index in [1.54, 1.807) is 24.3 Å². The van der Waals surface area contributed by atoms with Gasteiger partial charge in [-0.2, -0.15) is 0 Å². The minimum absolute atomic E-state index is 0.0102. The molecular formula is C36H30O8. The molecule has 0 radical (unpaired) electrons. The van der Waals surface area contributed by atoms with Crippen LogP contribution in [0, 0.1) is 0 Å². The summed E-state index contributed by atoms with van der Waals surface area (Å²) >= 11 is 0. The van der Waals surface area contributed by atoms with Gasteiger partial charge in [0.05, 0.1) is 11.1 Å². The first-order chi connectivity index (χ1) is 21.5. The van der Waals surface area contributed by atoms with Crippen LogP contribution >= 0.6 is 0 Å². The molecular weight excluding hydrogens is 560 g/mol. The Balaban J connectivity index is 1.15. The standard InChI is InChI=1S/C36H30O8/c37-35(38)33-18-17-30(28-9-5-2-6-10-28)20-34(33)36(39)41-21-25-11-13-26(14-12-25)22-43-44-24-32-19-29(15-16-31(32)23-42-40)27-7-3-1-4-8-27/h1-20,40H,21-24H2,(H,37,38). The number of carboxylic acid groups (broad SMARTS) is 1. The van der Waals surface area contributed by atoms with Gasteiger partial charge in [0, 0.05) is 0 Å². The normalized spacial score (nSPS) is 10.8. The molecule has 0 heterocycles. The molecule has 5 rings (SSSR count). The molecule has 5 aromatic carbocycles. The Morgan fingerprint density at radius 3 is 1.70 bits per heavy atom. The molecule has 0 saturated heterocycles. The van der Waals surface area contributed by atoms with Crippen LogP contribution in [0.2, 0.25) is 0 Å². The van der Waals surface area contributed by atoms with Crippen LogP contribution in [0.15, 0.2) is 121 Å². The van der Waals surface area contributed by atoms with E-state index < -0.39 is 11.9 Å². The van der Waals surface area contributed by atoms with Crippen LogP contribution in [0.25, 0.3) is 22.3 Å². The number of aromatic carboxylic acids is 1. The van der Waals surface area contributed by atoms with Gasteiger partial charge in [0.1, 0.15) is 26.4 Å². The van der Waals surface area contributed by atoms with Gasteiger partial charge in [0.15, 0.2) is 0 Å². The summed E-state index contributed by atoms with van der Waals surface area (Å²) in [6.07, 6.45) is 0. The molecule has 0 spiro atoms. The van der Waals surface area contributed by atoms with E-state index >= 15 is 0 Å². The first-order valence-corrected chi connectivity index (χ1v) is 13.9. The number of esters is 1. The number of hydrogen-bond donors (Lipinski definition) is 2. The summed E-state index contributed by atoms with van der Waals surface area (Å²) in [5.74, 6) is -1.92. The number of carbonyl (C=O) groups is 2. The molecule has 5 aromatic rings. The molecule has 0 unspecified atom stereocenters. The largest absolute Gasteiger partial charge is 0.478 e. The first-order valence-electron chi connectivity index (χ1n) is 13.9. The first kappa shape index (κ1) is 30.3. The van der Waals surface area contributed by atoms with Gasteiger partial charge in [-0.1, -0.05) is 103 Å². The predicted octanol–water partition coefficient (Wildman–Crippen LogP) is 7.71. The molecule has 0 aliphatic carbocycles. The molecule has 2 N–H and O–H groups in total. The fourth-order valence-corrected chi connectivity index (χ4v) is 4.66. The molecule has 222 valence electrons. The van der Waals surface area contributed by atoms with E-state index in [-0.39, 0.29) is 37.6 Å². The van der Waals surface area contributed by atoms with Crippen molar-refractivity contribution in [3.8, 4) is 22.3 Å². The molecule has 0 aliphatic heterocycles. The maximum Gasteiger partial charge on any atom is 0.339 e. The average molecular weight is 591 g/mol. The Morgan fingerprint density at radius 1 is 0.523 bits per heavy atom. The quantitative estimate of drug-likeness (QED) is 0.0621. The van der Waals surface area contributed by atoms with Crippen molar-refractivity contribution in [3.63, 3.8) is 0 Å². The predicted molar refractivity (Wildman–Crippen MR) is 163 cm³/mol. The Bertz CT molecular complexity index is 1700. The zero-order chi connectivity index (χ0) is 30.7. The fraction of sp³-hybridized carbons (Fsp3) is 0.111. The van der Waals surface area contributed by atoms with Gasteiger partial charge < -0.3 is 9.84 Å². The summed E-state index contributed by atoms with van der Waals surface area (Å²) in [5, 5.41) is 18.6. The van der Waals surface area contributed by atoms with Crippen LogP contribution in [0.4, 0.5) is 0 Å². The number of ether oxygens (including phenoxy) is 1. The van der Waals surface area contributed by atoms with E-state index in [1.807, 2.05) is 91.0 Å². The molecule has 0 amide bonds. The lowest BCUT2D eigenvalue weighted by molar-refractivity contribution is -0.313. The molecule has 8 heteroatoms. The highest BCUT2D eigenvalue weighted by Crippen LogP contribution is 2.25. The SMILES string of the molecule is O=C(O)c1ccc(-c2ccccc2)cc1C(=O)OCc1ccc(COOCc2cc(-c3ccccc3)ccc2COO)cc1. The molecule has 0 fully saturated rings. The van der Waals surface area contributed by atoms with Crippen molar-refractivity contribution < 1.29 is 39.4 Å². The Morgan fingerprint density at radius 2 is 1.09 bits per heavy atom. The van der Waals surface area contributed by atoms with Crippen LogP contribution in [0.3, 0.4) is 0 Å². The van der Waals surface area contributed by atoms with Crippen molar-refractivity contribution in [1.29, 1.82) is 0 Å². The number of carbonyl (C=O) groups excluding carboxylic acids is 1. The molecule has 0 aromatic heterocycles. The van der Waals surface area contributed by atoms with Crippen LogP contribution in [0.1, 0.15) is 43.0 Å². The van der Waals surface area contributed by atoms with Crippen LogP contribution in [-0.2, 0) is 45.8 Å². The lowest BCUT2D eigenvalue weighted by Gasteiger charge is -2.12. The summed E-state index contributed by atoms with van der Waals surface area (Å²) in [7, 11) is 0. The summed E-state index contributed by atoms with van der Waals surface area (Å²) in [6.45, 7) is 0.324. The van der Waals surface area contributed by atoms with E-state index in [0.717, 1.165) is 44.5 Å². The zero-order valence-corrected chi connectivity index (χ0v) is 23.7. The van der Waals surface area contributed by atoms with E-state index in [9.17, 15) is 14.7 Å². The van der Waals surface area contributed by atoms with Crippen molar-refractivity contribution in [2.45, 2.75) is 26.4 Å². The van der Waals surface area contributed by atoms with Crippen molar-refractivity contribution in [2.24, 2.45) is 0 Å². The summed E-state index contributed by atoms with van der Waals surface area (Å²) in [6, 6.07) is 37.0. The van der Waals surface area contributed by atoms with E-state index in [4.69, 9.17) is 19.8 Å². The zero-order valence-electron chi connectivity index (χ0n) is 23.7.